The molecule has 0 aliphatic rings. The smallest absolute Gasteiger partial charge is 0.271 e. The summed E-state index contributed by atoms with van der Waals surface area (Å²) < 4.78 is 10.3. The predicted octanol–water partition coefficient (Wildman–Crippen LogP) is 3.15. The molecule has 2 aromatic carbocycles. The number of nitrogens with one attached hydrogen (secondary N) is 2. The molecule has 0 aliphatic heterocycles. The van der Waals surface area contributed by atoms with Gasteiger partial charge in [0.25, 0.3) is 5.91 Å². The molecule has 0 heterocycles. The summed E-state index contributed by atoms with van der Waals surface area (Å²) in [6.45, 7) is 3.59. The van der Waals surface area contributed by atoms with Gasteiger partial charge in [0.05, 0.1) is 20.6 Å². The number of benzene rings is 2. The van der Waals surface area contributed by atoms with Crippen LogP contribution in [0.2, 0.25) is 0 Å². The third kappa shape index (κ3) is 5.85. The number of hydrogen-bond donors (Lipinski definition) is 2. The summed E-state index contributed by atoms with van der Waals surface area (Å²) in [7, 11) is 3.01. The maximum atomic E-state index is 12.3. The molecule has 0 atom stereocenters. The molecule has 2 amide bonds. The fraction of sp³-hybridized carbons (Fsp3) is 0.250. The second kappa shape index (κ2) is 9.38. The Kier molecular flexibility index (Phi) is 6.93. The number of methoxy groups -OCH3 is 2. The average Bonchev–Trinajstić information content (AvgIpc) is 2.67. The monoisotopic (exact) mass is 369 g/mol. The number of para-hydroxylation sites is 1. The first kappa shape index (κ1) is 20.0. The fourth-order valence-electron chi connectivity index (χ4n) is 2.33. The zero-order valence-corrected chi connectivity index (χ0v) is 15.8. The molecule has 0 fully saturated rings. The molecule has 0 spiro atoms. The summed E-state index contributed by atoms with van der Waals surface area (Å²) in [5.74, 6) is 0.365. The Hall–Kier alpha value is -3.35. The van der Waals surface area contributed by atoms with Crippen LogP contribution in [-0.2, 0) is 4.79 Å². The summed E-state index contributed by atoms with van der Waals surface area (Å²) in [6, 6.07) is 12.3. The number of amides is 2. The van der Waals surface area contributed by atoms with Crippen LogP contribution in [0.3, 0.4) is 0 Å². The van der Waals surface area contributed by atoms with Crippen LogP contribution < -0.4 is 20.2 Å². The van der Waals surface area contributed by atoms with E-state index in [9.17, 15) is 9.59 Å². The molecule has 142 valence electrons. The van der Waals surface area contributed by atoms with Gasteiger partial charge in [0.1, 0.15) is 11.5 Å². The molecule has 0 saturated carbocycles. The first-order valence-electron chi connectivity index (χ1n) is 8.35. The van der Waals surface area contributed by atoms with Crippen molar-refractivity contribution in [3.63, 3.8) is 0 Å². The van der Waals surface area contributed by atoms with Crippen LogP contribution in [-0.4, -0.2) is 31.7 Å². The number of ether oxygens (including phenoxy) is 2. The first-order chi connectivity index (χ1) is 12.9. The first-order valence-corrected chi connectivity index (χ1v) is 8.35. The lowest BCUT2D eigenvalue weighted by Crippen LogP contribution is -2.21. The maximum Gasteiger partial charge on any atom is 0.271 e. The Balaban J connectivity index is 1.97. The van der Waals surface area contributed by atoms with Crippen molar-refractivity contribution in [1.82, 2.24) is 5.43 Å². The molecule has 0 unspecified atom stereocenters. The predicted molar refractivity (Wildman–Crippen MR) is 105 cm³/mol. The van der Waals surface area contributed by atoms with E-state index in [1.165, 1.54) is 14.2 Å². The molecular weight excluding hydrogens is 346 g/mol. The van der Waals surface area contributed by atoms with Crippen LogP contribution in [0.15, 0.2) is 47.6 Å². The normalized spacial score (nSPS) is 10.9. The standard InChI is InChI=1S/C20H23N3O4/c1-13-7-5-6-8-18(13)21-19(24)9-14(2)22-23-20(25)15-10-16(26-3)12-17(11-15)27-4/h5-8,10-12H,9H2,1-4H3,(H,21,24)(H,23,25)/b22-14+. The van der Waals surface area contributed by atoms with Crippen molar-refractivity contribution < 1.29 is 19.1 Å². The third-order valence-corrected chi connectivity index (χ3v) is 3.80. The average molecular weight is 369 g/mol. The Morgan fingerprint density at radius 3 is 2.26 bits per heavy atom. The molecule has 7 nitrogen and oxygen atoms in total. The van der Waals surface area contributed by atoms with Gasteiger partial charge in [-0.2, -0.15) is 5.10 Å². The van der Waals surface area contributed by atoms with Crippen LogP contribution in [0.25, 0.3) is 0 Å². The van der Waals surface area contributed by atoms with Crippen LogP contribution in [0, 0.1) is 6.92 Å². The number of aryl methyl sites for hydroxylation is 1. The number of hydrogen-bond acceptors (Lipinski definition) is 5. The molecule has 2 N–H and O–H groups in total. The number of hydrazone groups is 1. The Bertz CT molecular complexity index is 840. The number of nitrogens with zero attached hydrogens (tertiary/aromatic N) is 1. The van der Waals surface area contributed by atoms with Gasteiger partial charge in [0, 0.05) is 23.0 Å². The van der Waals surface area contributed by atoms with Crippen molar-refractivity contribution in [2.24, 2.45) is 5.10 Å². The topological polar surface area (TPSA) is 89.0 Å². The van der Waals surface area contributed by atoms with Gasteiger partial charge in [-0.25, -0.2) is 5.43 Å². The van der Waals surface area contributed by atoms with Gasteiger partial charge in [-0.05, 0) is 37.6 Å². The van der Waals surface area contributed by atoms with Gasteiger partial charge >= 0.3 is 0 Å². The molecule has 0 bridgehead atoms. The lowest BCUT2D eigenvalue weighted by Gasteiger charge is -2.09. The van der Waals surface area contributed by atoms with E-state index in [1.807, 2.05) is 31.2 Å². The number of anilines is 1. The highest BCUT2D eigenvalue weighted by molar-refractivity contribution is 6.06. The third-order valence-electron chi connectivity index (χ3n) is 3.80. The second-order valence-electron chi connectivity index (χ2n) is 5.93. The molecule has 0 aromatic heterocycles. The van der Waals surface area contributed by atoms with E-state index in [1.54, 1.807) is 25.1 Å². The zero-order chi connectivity index (χ0) is 19.8. The molecular formula is C20H23N3O4. The lowest BCUT2D eigenvalue weighted by molar-refractivity contribution is -0.115. The van der Waals surface area contributed by atoms with Crippen LogP contribution in [0.5, 0.6) is 11.5 Å². The number of carbonyl (C=O) groups is 2. The molecule has 2 aromatic rings. The lowest BCUT2D eigenvalue weighted by atomic mass is 10.2. The van der Waals surface area contributed by atoms with Gasteiger partial charge in [-0.3, -0.25) is 9.59 Å². The van der Waals surface area contributed by atoms with Gasteiger partial charge in [0.2, 0.25) is 5.91 Å². The highest BCUT2D eigenvalue weighted by Crippen LogP contribution is 2.22. The minimum absolute atomic E-state index is 0.0655. The van der Waals surface area contributed by atoms with Gasteiger partial charge in [0.15, 0.2) is 0 Å². The van der Waals surface area contributed by atoms with E-state index >= 15 is 0 Å². The van der Waals surface area contributed by atoms with Crippen molar-refractivity contribution in [3.8, 4) is 11.5 Å². The summed E-state index contributed by atoms with van der Waals surface area (Å²) in [5.41, 5.74) is 4.98. The quantitative estimate of drug-likeness (QED) is 0.580. The highest BCUT2D eigenvalue weighted by Gasteiger charge is 2.10. The summed E-state index contributed by atoms with van der Waals surface area (Å²) in [6.07, 6.45) is 0.0655. The van der Waals surface area contributed by atoms with E-state index in [4.69, 9.17) is 9.47 Å². The zero-order valence-electron chi connectivity index (χ0n) is 15.8. The molecule has 0 radical (unpaired) electrons. The molecule has 2 rings (SSSR count). The minimum Gasteiger partial charge on any atom is -0.497 e. The Labute approximate surface area is 158 Å². The van der Waals surface area contributed by atoms with E-state index in [2.05, 4.69) is 15.8 Å². The second-order valence-corrected chi connectivity index (χ2v) is 5.93. The van der Waals surface area contributed by atoms with Crippen molar-refractivity contribution in [2.75, 3.05) is 19.5 Å². The molecule has 7 heteroatoms. The Morgan fingerprint density at radius 2 is 1.67 bits per heavy atom. The van der Waals surface area contributed by atoms with Crippen LogP contribution in [0.1, 0.15) is 29.3 Å². The van der Waals surface area contributed by atoms with Crippen molar-refractivity contribution >= 4 is 23.2 Å². The van der Waals surface area contributed by atoms with Gasteiger partial charge in [-0.1, -0.05) is 18.2 Å². The van der Waals surface area contributed by atoms with Crippen molar-refractivity contribution in [3.05, 3.63) is 53.6 Å². The molecule has 0 aliphatic carbocycles. The molecule has 27 heavy (non-hydrogen) atoms. The minimum atomic E-state index is -0.425. The molecule has 0 saturated heterocycles. The van der Waals surface area contributed by atoms with Crippen molar-refractivity contribution in [1.29, 1.82) is 0 Å². The van der Waals surface area contributed by atoms with E-state index < -0.39 is 5.91 Å². The van der Waals surface area contributed by atoms with Gasteiger partial charge < -0.3 is 14.8 Å². The van der Waals surface area contributed by atoms with Crippen LogP contribution in [0.4, 0.5) is 5.69 Å². The number of carbonyl (C=O) groups excluding carboxylic acids is 2. The fourth-order valence-corrected chi connectivity index (χ4v) is 2.33. The summed E-state index contributed by atoms with van der Waals surface area (Å²) >= 11 is 0. The SMILES string of the molecule is COc1cc(OC)cc(C(=O)N/N=C(\C)CC(=O)Nc2ccccc2C)c1. The summed E-state index contributed by atoms with van der Waals surface area (Å²) in [4.78, 5) is 24.4. The van der Waals surface area contributed by atoms with E-state index in [0.29, 0.717) is 22.8 Å². The van der Waals surface area contributed by atoms with Gasteiger partial charge in [-0.15, -0.1) is 0 Å². The number of rotatable bonds is 7. The van der Waals surface area contributed by atoms with Crippen molar-refractivity contribution in [2.45, 2.75) is 20.3 Å². The van der Waals surface area contributed by atoms with Crippen LogP contribution >= 0.6 is 0 Å². The Morgan fingerprint density at radius 1 is 1.04 bits per heavy atom. The maximum absolute atomic E-state index is 12.3. The highest BCUT2D eigenvalue weighted by atomic mass is 16.5. The summed E-state index contributed by atoms with van der Waals surface area (Å²) in [5, 5.41) is 6.82. The van der Waals surface area contributed by atoms with E-state index in [0.717, 1.165) is 11.3 Å². The van der Waals surface area contributed by atoms with E-state index in [-0.39, 0.29) is 12.3 Å². The largest absolute Gasteiger partial charge is 0.497 e.